The molecule has 120 valence electrons. The van der Waals surface area contributed by atoms with Crippen LogP contribution >= 0.6 is 11.6 Å². The van der Waals surface area contributed by atoms with Gasteiger partial charge < -0.3 is 9.64 Å². The van der Waals surface area contributed by atoms with Crippen LogP contribution in [0.25, 0.3) is 0 Å². The number of hydrogen-bond donors (Lipinski definition) is 1. The molecular formula is C15H20ClN3O3. The topological polar surface area (TPSA) is 61.9 Å². The van der Waals surface area contributed by atoms with E-state index in [4.69, 9.17) is 11.6 Å². The smallest absolute Gasteiger partial charge is 0.413 e. The molecule has 1 aliphatic rings. The van der Waals surface area contributed by atoms with E-state index in [1.165, 1.54) is 0 Å². The number of piperazine rings is 1. The molecule has 2 amide bonds. The van der Waals surface area contributed by atoms with Crippen molar-refractivity contribution in [3.63, 3.8) is 0 Å². The number of rotatable bonds is 4. The van der Waals surface area contributed by atoms with Crippen LogP contribution in [0.2, 0.25) is 5.02 Å². The fraction of sp³-hybridized carbons (Fsp3) is 0.467. The summed E-state index contributed by atoms with van der Waals surface area (Å²) >= 11 is 6.19. The average Bonchev–Trinajstić information content (AvgIpc) is 2.49. The maximum absolute atomic E-state index is 11.7. The Morgan fingerprint density at radius 2 is 1.91 bits per heavy atom. The second kappa shape index (κ2) is 8.00. The van der Waals surface area contributed by atoms with Crippen molar-refractivity contribution in [1.29, 1.82) is 0 Å². The molecule has 0 radical (unpaired) electrons. The van der Waals surface area contributed by atoms with Crippen molar-refractivity contribution in [1.82, 2.24) is 10.2 Å². The molecule has 7 heteroatoms. The number of benzene rings is 1. The average molecular weight is 326 g/mol. The Kier molecular flexibility index (Phi) is 6.03. The Balaban J connectivity index is 1.79. The van der Waals surface area contributed by atoms with Gasteiger partial charge in [-0.15, -0.1) is 0 Å². The van der Waals surface area contributed by atoms with E-state index in [1.54, 1.807) is 6.92 Å². The number of carbonyl (C=O) groups excluding carboxylic acids is 2. The summed E-state index contributed by atoms with van der Waals surface area (Å²) in [5.74, 6) is -0.343. The number of imide groups is 1. The van der Waals surface area contributed by atoms with E-state index in [1.807, 2.05) is 29.2 Å². The Bertz CT molecular complexity index is 531. The third kappa shape index (κ3) is 4.61. The van der Waals surface area contributed by atoms with Crippen molar-refractivity contribution in [3.05, 3.63) is 29.3 Å². The largest absolute Gasteiger partial charge is 0.450 e. The van der Waals surface area contributed by atoms with Crippen molar-refractivity contribution in [3.8, 4) is 0 Å². The third-order valence-electron chi connectivity index (χ3n) is 3.45. The molecule has 1 saturated heterocycles. The second-order valence-corrected chi connectivity index (χ2v) is 5.39. The molecule has 1 heterocycles. The molecule has 0 aromatic heterocycles. The number of para-hydroxylation sites is 1. The molecule has 0 saturated carbocycles. The van der Waals surface area contributed by atoms with Gasteiger partial charge in [0, 0.05) is 26.2 Å². The molecule has 0 spiro atoms. The van der Waals surface area contributed by atoms with Gasteiger partial charge in [0.25, 0.3) is 0 Å². The highest BCUT2D eigenvalue weighted by atomic mass is 35.5. The van der Waals surface area contributed by atoms with Crippen LogP contribution in [0.3, 0.4) is 0 Å². The van der Waals surface area contributed by atoms with Gasteiger partial charge in [-0.05, 0) is 19.1 Å². The maximum Gasteiger partial charge on any atom is 0.413 e. The first kappa shape index (κ1) is 16.6. The highest BCUT2D eigenvalue weighted by molar-refractivity contribution is 6.33. The van der Waals surface area contributed by atoms with Crippen molar-refractivity contribution in [2.75, 3.05) is 44.2 Å². The SMILES string of the molecule is CCOC(=O)NC(=O)CN1CCN(c2ccccc2Cl)CC1. The first-order valence-electron chi connectivity index (χ1n) is 7.28. The molecule has 0 aliphatic carbocycles. The first-order valence-corrected chi connectivity index (χ1v) is 7.66. The van der Waals surface area contributed by atoms with E-state index >= 15 is 0 Å². The zero-order valence-corrected chi connectivity index (χ0v) is 13.3. The molecule has 22 heavy (non-hydrogen) atoms. The molecule has 1 aromatic carbocycles. The normalized spacial score (nSPS) is 15.5. The standard InChI is InChI=1S/C15H20ClN3O3/c1-2-22-15(21)17-14(20)11-18-7-9-19(10-8-18)13-6-4-3-5-12(13)16/h3-6H,2,7-11H2,1H3,(H,17,20,21). The number of nitrogens with zero attached hydrogens (tertiary/aromatic N) is 2. The number of ether oxygens (including phenoxy) is 1. The van der Waals surface area contributed by atoms with Gasteiger partial charge in [-0.1, -0.05) is 23.7 Å². The molecule has 6 nitrogen and oxygen atoms in total. The number of nitrogens with one attached hydrogen (secondary N) is 1. The van der Waals surface area contributed by atoms with Crippen LogP contribution in [0.4, 0.5) is 10.5 Å². The van der Waals surface area contributed by atoms with Crippen LogP contribution in [0, 0.1) is 0 Å². The highest BCUT2D eigenvalue weighted by Gasteiger charge is 2.21. The van der Waals surface area contributed by atoms with Crippen molar-refractivity contribution in [2.24, 2.45) is 0 Å². The van der Waals surface area contributed by atoms with Gasteiger partial charge in [-0.3, -0.25) is 15.0 Å². The first-order chi connectivity index (χ1) is 10.6. The molecule has 1 N–H and O–H groups in total. The zero-order chi connectivity index (χ0) is 15.9. The number of hydrogen-bond acceptors (Lipinski definition) is 5. The van der Waals surface area contributed by atoms with E-state index in [-0.39, 0.29) is 19.1 Å². The van der Waals surface area contributed by atoms with Crippen LogP contribution in [0.15, 0.2) is 24.3 Å². The van der Waals surface area contributed by atoms with Crippen LogP contribution in [-0.4, -0.2) is 56.2 Å². The lowest BCUT2D eigenvalue weighted by Crippen LogP contribution is -2.50. The quantitative estimate of drug-likeness (QED) is 0.913. The molecule has 0 bridgehead atoms. The van der Waals surface area contributed by atoms with Gasteiger partial charge in [-0.2, -0.15) is 0 Å². The number of amides is 2. The van der Waals surface area contributed by atoms with Crippen LogP contribution in [0.5, 0.6) is 0 Å². The molecule has 1 fully saturated rings. The van der Waals surface area contributed by atoms with E-state index < -0.39 is 6.09 Å². The van der Waals surface area contributed by atoms with Gasteiger partial charge in [0.15, 0.2) is 0 Å². The van der Waals surface area contributed by atoms with Crippen LogP contribution in [0.1, 0.15) is 6.92 Å². The fourth-order valence-electron chi connectivity index (χ4n) is 2.38. The summed E-state index contributed by atoms with van der Waals surface area (Å²) < 4.78 is 4.68. The Hall–Kier alpha value is -1.79. The fourth-order valence-corrected chi connectivity index (χ4v) is 2.63. The summed E-state index contributed by atoms with van der Waals surface area (Å²) in [5.41, 5.74) is 1.01. The number of halogens is 1. The molecule has 1 aromatic rings. The van der Waals surface area contributed by atoms with Gasteiger partial charge in [0.1, 0.15) is 0 Å². The summed E-state index contributed by atoms with van der Waals surface area (Å²) in [7, 11) is 0. The van der Waals surface area contributed by atoms with Crippen molar-refractivity contribution >= 4 is 29.3 Å². The number of alkyl carbamates (subject to hydrolysis) is 1. The van der Waals surface area contributed by atoms with E-state index in [0.29, 0.717) is 0 Å². The summed E-state index contributed by atoms with van der Waals surface area (Å²) in [5, 5.41) is 2.94. The van der Waals surface area contributed by atoms with Gasteiger partial charge in [-0.25, -0.2) is 4.79 Å². The van der Waals surface area contributed by atoms with E-state index in [2.05, 4.69) is 15.0 Å². The summed E-state index contributed by atoms with van der Waals surface area (Å²) in [6, 6.07) is 7.73. The zero-order valence-electron chi connectivity index (χ0n) is 12.5. The summed E-state index contributed by atoms with van der Waals surface area (Å²) in [4.78, 5) is 27.1. The number of anilines is 1. The minimum atomic E-state index is -0.692. The Labute approximate surface area is 135 Å². The molecule has 0 unspecified atom stereocenters. The van der Waals surface area contributed by atoms with Crippen LogP contribution < -0.4 is 10.2 Å². The van der Waals surface area contributed by atoms with Crippen molar-refractivity contribution < 1.29 is 14.3 Å². The summed E-state index contributed by atoms with van der Waals surface area (Å²) in [6.07, 6.45) is -0.692. The Morgan fingerprint density at radius 1 is 1.23 bits per heavy atom. The lowest BCUT2D eigenvalue weighted by molar-refractivity contribution is -0.121. The Morgan fingerprint density at radius 3 is 2.55 bits per heavy atom. The predicted octanol–water partition coefficient (Wildman–Crippen LogP) is 1.73. The van der Waals surface area contributed by atoms with Crippen LogP contribution in [-0.2, 0) is 9.53 Å². The maximum atomic E-state index is 11.7. The van der Waals surface area contributed by atoms with Gasteiger partial charge in [0.2, 0.25) is 5.91 Å². The monoisotopic (exact) mass is 325 g/mol. The minimum Gasteiger partial charge on any atom is -0.450 e. The predicted molar refractivity (Wildman–Crippen MR) is 85.3 cm³/mol. The molecule has 1 aliphatic heterocycles. The van der Waals surface area contributed by atoms with Crippen molar-refractivity contribution in [2.45, 2.75) is 6.92 Å². The number of carbonyl (C=O) groups is 2. The van der Waals surface area contributed by atoms with E-state index in [9.17, 15) is 9.59 Å². The lowest BCUT2D eigenvalue weighted by atomic mass is 10.2. The highest BCUT2D eigenvalue weighted by Crippen LogP contribution is 2.25. The molecule has 2 rings (SSSR count). The van der Waals surface area contributed by atoms with Gasteiger partial charge in [0.05, 0.1) is 23.9 Å². The van der Waals surface area contributed by atoms with E-state index in [0.717, 1.165) is 36.9 Å². The lowest BCUT2D eigenvalue weighted by Gasteiger charge is -2.36. The summed E-state index contributed by atoms with van der Waals surface area (Å²) in [6.45, 7) is 5.18. The molecule has 0 atom stereocenters. The third-order valence-corrected chi connectivity index (χ3v) is 3.77. The second-order valence-electron chi connectivity index (χ2n) is 4.98. The minimum absolute atomic E-state index is 0.190. The molecular weight excluding hydrogens is 306 g/mol. The van der Waals surface area contributed by atoms with Gasteiger partial charge >= 0.3 is 6.09 Å².